The van der Waals surface area contributed by atoms with Crippen LogP contribution in [0.1, 0.15) is 50.5 Å². The zero-order chi connectivity index (χ0) is 26.0. The Hall–Kier alpha value is -2.66. The number of nitrogens with zero attached hydrogens (tertiary/aromatic N) is 3. The summed E-state index contributed by atoms with van der Waals surface area (Å²) in [5, 5.41) is 4.54. The number of anilines is 1. The van der Waals surface area contributed by atoms with Crippen molar-refractivity contribution in [2.75, 3.05) is 18.0 Å². The molecule has 1 spiro atoms. The lowest BCUT2D eigenvalue weighted by molar-refractivity contribution is 0.144. The first-order chi connectivity index (χ1) is 18.6. The third-order valence-electron chi connectivity index (χ3n) is 8.20. The van der Waals surface area contributed by atoms with Crippen molar-refractivity contribution in [2.24, 2.45) is 10.4 Å². The van der Waals surface area contributed by atoms with Gasteiger partial charge < -0.3 is 4.90 Å². The summed E-state index contributed by atoms with van der Waals surface area (Å²) in [6.45, 7) is 2.27. The van der Waals surface area contributed by atoms with Crippen LogP contribution in [0.3, 0.4) is 0 Å². The summed E-state index contributed by atoms with van der Waals surface area (Å²) in [5.41, 5.74) is 6.76. The number of rotatable bonds is 5. The minimum atomic E-state index is 0.610. The Morgan fingerprint density at radius 2 is 1.53 bits per heavy atom. The van der Waals surface area contributed by atoms with Crippen molar-refractivity contribution in [3.05, 3.63) is 87.7 Å². The Labute approximate surface area is 239 Å². The highest BCUT2D eigenvalue weighted by Crippen LogP contribution is 2.45. The van der Waals surface area contributed by atoms with Crippen LogP contribution in [0.4, 0.5) is 11.4 Å². The molecule has 194 valence electrons. The van der Waals surface area contributed by atoms with Crippen LogP contribution in [-0.4, -0.2) is 24.3 Å². The van der Waals surface area contributed by atoms with Gasteiger partial charge in [0.25, 0.3) is 0 Å². The summed E-state index contributed by atoms with van der Waals surface area (Å²) in [6.07, 6.45) is 11.6. The normalized spacial score (nSPS) is 17.4. The van der Waals surface area contributed by atoms with E-state index in [9.17, 15) is 0 Å². The molecule has 38 heavy (non-hydrogen) atoms. The van der Waals surface area contributed by atoms with Gasteiger partial charge in [0, 0.05) is 52.1 Å². The molecule has 0 atom stereocenters. The smallest absolute Gasteiger partial charge is 0.124 e. The van der Waals surface area contributed by atoms with Gasteiger partial charge in [0.2, 0.25) is 0 Å². The molecule has 3 aromatic carbocycles. The van der Waals surface area contributed by atoms with Crippen molar-refractivity contribution in [1.82, 2.24) is 4.98 Å². The van der Waals surface area contributed by atoms with Crippen molar-refractivity contribution in [1.29, 1.82) is 0 Å². The molecule has 4 aromatic rings. The molecule has 1 aliphatic carbocycles. The van der Waals surface area contributed by atoms with E-state index in [1.54, 1.807) is 11.3 Å². The molecule has 1 saturated carbocycles. The molecule has 2 aliphatic rings. The molecular formula is C32H31Cl2N3S. The van der Waals surface area contributed by atoms with Gasteiger partial charge in [-0.05, 0) is 73.6 Å². The Balaban J connectivity index is 1.09. The van der Waals surface area contributed by atoms with Gasteiger partial charge in [-0.15, -0.1) is 11.3 Å². The van der Waals surface area contributed by atoms with E-state index in [0.29, 0.717) is 5.41 Å². The fourth-order valence-corrected chi connectivity index (χ4v) is 7.04. The molecule has 6 heteroatoms. The molecule has 0 bridgehead atoms. The quantitative estimate of drug-likeness (QED) is 0.227. The monoisotopic (exact) mass is 559 g/mol. The SMILES string of the molecule is Clc1ccc(-c2nc(-c3ccc(N=Cc4ccc(N5CCC6(CCCCC6)CC5)cc4Cl)cc3)cs2)cc1. The molecular weight excluding hydrogens is 529 g/mol. The summed E-state index contributed by atoms with van der Waals surface area (Å²) in [7, 11) is 0. The molecule has 0 unspecified atom stereocenters. The number of aromatic nitrogens is 1. The highest BCUT2D eigenvalue weighted by Gasteiger charge is 2.35. The third-order valence-corrected chi connectivity index (χ3v) is 9.67. The van der Waals surface area contributed by atoms with Gasteiger partial charge in [0.15, 0.2) is 0 Å². The lowest BCUT2D eigenvalue weighted by Crippen LogP contribution is -2.41. The zero-order valence-corrected chi connectivity index (χ0v) is 23.7. The summed E-state index contributed by atoms with van der Waals surface area (Å²) in [5.74, 6) is 0. The van der Waals surface area contributed by atoms with Crippen molar-refractivity contribution in [3.8, 4) is 21.8 Å². The van der Waals surface area contributed by atoms with E-state index < -0.39 is 0 Å². The molecule has 6 rings (SSSR count). The van der Waals surface area contributed by atoms with Crippen molar-refractivity contribution in [2.45, 2.75) is 44.9 Å². The number of aliphatic imine (C=N–C) groups is 1. The summed E-state index contributed by atoms with van der Waals surface area (Å²) >= 11 is 14.3. The standard InChI is InChI=1S/C32H31Cl2N3S/c33-26-9-4-24(5-10-26)31-36-30(22-38-31)23-6-11-27(12-7-23)35-21-25-8-13-28(20-29(25)34)37-18-16-32(17-19-37)14-2-1-3-15-32/h4-13,20-22H,1-3,14-19H2. The second kappa shape index (κ2) is 11.2. The van der Waals surface area contributed by atoms with Crippen LogP contribution >= 0.6 is 34.5 Å². The first kappa shape index (κ1) is 25.6. The first-order valence-electron chi connectivity index (χ1n) is 13.5. The first-order valence-corrected chi connectivity index (χ1v) is 15.1. The molecule has 1 aromatic heterocycles. The van der Waals surface area contributed by atoms with Crippen LogP contribution in [-0.2, 0) is 0 Å². The Bertz CT molecular complexity index is 1410. The van der Waals surface area contributed by atoms with Gasteiger partial charge in [-0.2, -0.15) is 0 Å². The number of thiazole rings is 1. The highest BCUT2D eigenvalue weighted by atomic mass is 35.5. The minimum Gasteiger partial charge on any atom is -0.371 e. The molecule has 3 nitrogen and oxygen atoms in total. The number of hydrogen-bond acceptors (Lipinski definition) is 4. The zero-order valence-electron chi connectivity index (χ0n) is 21.4. The van der Waals surface area contributed by atoms with Crippen LogP contribution in [0.25, 0.3) is 21.8 Å². The van der Waals surface area contributed by atoms with E-state index in [4.69, 9.17) is 28.2 Å². The number of piperidine rings is 1. The summed E-state index contributed by atoms with van der Waals surface area (Å²) < 4.78 is 0. The number of halogens is 2. The van der Waals surface area contributed by atoms with Crippen LogP contribution in [0.5, 0.6) is 0 Å². The number of hydrogen-bond donors (Lipinski definition) is 0. The molecule has 2 fully saturated rings. The fourth-order valence-electron chi connectivity index (χ4n) is 5.85. The van der Waals surface area contributed by atoms with E-state index in [1.165, 1.54) is 50.6 Å². The van der Waals surface area contributed by atoms with Crippen LogP contribution in [0.15, 0.2) is 77.1 Å². The lowest BCUT2D eigenvalue weighted by Gasteiger charge is -2.45. The van der Waals surface area contributed by atoms with Gasteiger partial charge in [0.1, 0.15) is 5.01 Å². The third kappa shape index (κ3) is 5.68. The van der Waals surface area contributed by atoms with Crippen molar-refractivity contribution >= 4 is 52.1 Å². The number of benzene rings is 3. The van der Waals surface area contributed by atoms with Crippen LogP contribution < -0.4 is 4.90 Å². The van der Waals surface area contributed by atoms with Crippen LogP contribution in [0.2, 0.25) is 10.0 Å². The van der Waals surface area contributed by atoms with Gasteiger partial charge in [-0.25, -0.2) is 4.98 Å². The molecule has 0 radical (unpaired) electrons. The topological polar surface area (TPSA) is 28.5 Å². The van der Waals surface area contributed by atoms with E-state index in [1.807, 2.05) is 42.6 Å². The van der Waals surface area contributed by atoms with E-state index in [-0.39, 0.29) is 0 Å². The average molecular weight is 561 g/mol. The van der Waals surface area contributed by atoms with Gasteiger partial charge >= 0.3 is 0 Å². The average Bonchev–Trinajstić information content (AvgIpc) is 3.44. The second-order valence-electron chi connectivity index (χ2n) is 10.6. The molecule has 2 heterocycles. The Morgan fingerprint density at radius 1 is 0.816 bits per heavy atom. The van der Waals surface area contributed by atoms with E-state index in [2.05, 4.69) is 45.6 Å². The second-order valence-corrected chi connectivity index (χ2v) is 12.3. The lowest BCUT2D eigenvalue weighted by atomic mass is 9.68. The van der Waals surface area contributed by atoms with Crippen LogP contribution in [0, 0.1) is 5.41 Å². The van der Waals surface area contributed by atoms with E-state index >= 15 is 0 Å². The predicted molar refractivity (Wildman–Crippen MR) is 164 cm³/mol. The maximum Gasteiger partial charge on any atom is 0.124 e. The van der Waals surface area contributed by atoms with E-state index in [0.717, 1.165) is 56.2 Å². The maximum absolute atomic E-state index is 6.69. The molecule has 0 N–H and O–H groups in total. The maximum atomic E-state index is 6.69. The van der Waals surface area contributed by atoms with Crippen molar-refractivity contribution < 1.29 is 0 Å². The predicted octanol–water partition coefficient (Wildman–Crippen LogP) is 10.1. The Morgan fingerprint density at radius 3 is 2.24 bits per heavy atom. The largest absolute Gasteiger partial charge is 0.371 e. The Kier molecular flexibility index (Phi) is 7.56. The highest BCUT2D eigenvalue weighted by molar-refractivity contribution is 7.13. The molecule has 1 aliphatic heterocycles. The van der Waals surface area contributed by atoms with Gasteiger partial charge in [-0.3, -0.25) is 4.99 Å². The molecule has 1 saturated heterocycles. The van der Waals surface area contributed by atoms with Crippen molar-refractivity contribution in [3.63, 3.8) is 0 Å². The summed E-state index contributed by atoms with van der Waals surface area (Å²) in [6, 6.07) is 22.3. The fraction of sp³-hybridized carbons (Fsp3) is 0.312. The molecule has 0 amide bonds. The minimum absolute atomic E-state index is 0.610. The summed E-state index contributed by atoms with van der Waals surface area (Å²) in [4.78, 5) is 12.0. The van der Waals surface area contributed by atoms with Gasteiger partial charge in [0.05, 0.1) is 16.4 Å². The van der Waals surface area contributed by atoms with Gasteiger partial charge in [-0.1, -0.05) is 66.7 Å².